The molecule has 0 atom stereocenters. The summed E-state index contributed by atoms with van der Waals surface area (Å²) >= 11 is 0. The molecule has 0 aliphatic carbocycles. The topological polar surface area (TPSA) is 84.7 Å². The molecule has 1 aliphatic rings. The maximum atomic E-state index is 12.3. The van der Waals surface area contributed by atoms with E-state index in [2.05, 4.69) is 5.10 Å². The molecule has 0 radical (unpaired) electrons. The third-order valence-electron chi connectivity index (χ3n) is 4.82. The van der Waals surface area contributed by atoms with Gasteiger partial charge in [0.25, 0.3) is 5.91 Å². The molecule has 0 unspecified atom stereocenters. The van der Waals surface area contributed by atoms with Gasteiger partial charge in [-0.1, -0.05) is 17.7 Å². The molecule has 7 heteroatoms. The highest BCUT2D eigenvalue weighted by atomic mass is 16.5. The van der Waals surface area contributed by atoms with E-state index in [1.165, 1.54) is 6.20 Å². The summed E-state index contributed by atoms with van der Waals surface area (Å²) in [5.74, 6) is -0.311. The fraction of sp³-hybridized carbons (Fsp3) is 0.421. The summed E-state index contributed by atoms with van der Waals surface area (Å²) < 4.78 is 7.33. The van der Waals surface area contributed by atoms with Crippen LogP contribution in [0.5, 0.6) is 5.75 Å². The molecule has 0 bridgehead atoms. The van der Waals surface area contributed by atoms with Crippen LogP contribution in [0.1, 0.15) is 40.5 Å². The highest BCUT2D eigenvalue weighted by molar-refractivity contribution is 5.88. The number of aryl methyl sites for hydroxylation is 1. The first-order valence-electron chi connectivity index (χ1n) is 8.70. The van der Waals surface area contributed by atoms with Gasteiger partial charge in [0.15, 0.2) is 6.61 Å². The van der Waals surface area contributed by atoms with E-state index in [1.54, 1.807) is 16.5 Å². The second kappa shape index (κ2) is 7.59. The van der Waals surface area contributed by atoms with Crippen molar-refractivity contribution in [2.45, 2.75) is 32.7 Å². The van der Waals surface area contributed by atoms with Crippen LogP contribution in [0.15, 0.2) is 30.5 Å². The fourth-order valence-corrected chi connectivity index (χ4v) is 3.23. The Bertz CT molecular complexity index is 790. The number of hydrogen-bond acceptors (Lipinski definition) is 4. The third-order valence-corrected chi connectivity index (χ3v) is 4.82. The van der Waals surface area contributed by atoms with Crippen LogP contribution in [-0.2, 0) is 4.79 Å². The van der Waals surface area contributed by atoms with Crippen LogP contribution in [0, 0.1) is 13.8 Å². The number of nitrogens with zero attached hydrogens (tertiary/aromatic N) is 3. The Hall–Kier alpha value is -2.83. The van der Waals surface area contributed by atoms with E-state index in [1.807, 2.05) is 31.2 Å². The van der Waals surface area contributed by atoms with Crippen molar-refractivity contribution in [1.82, 2.24) is 14.7 Å². The maximum Gasteiger partial charge on any atom is 0.339 e. The van der Waals surface area contributed by atoms with Crippen molar-refractivity contribution in [3.63, 3.8) is 0 Å². The van der Waals surface area contributed by atoms with E-state index in [4.69, 9.17) is 9.84 Å². The summed E-state index contributed by atoms with van der Waals surface area (Å²) in [5, 5.41) is 13.4. The van der Waals surface area contributed by atoms with Crippen molar-refractivity contribution in [3.05, 3.63) is 47.3 Å². The van der Waals surface area contributed by atoms with E-state index in [0.717, 1.165) is 18.4 Å². The van der Waals surface area contributed by atoms with Gasteiger partial charge in [0.2, 0.25) is 0 Å². The molecule has 1 N–H and O–H groups in total. The van der Waals surface area contributed by atoms with Crippen LogP contribution in [0.25, 0.3) is 0 Å². The van der Waals surface area contributed by atoms with Crippen LogP contribution < -0.4 is 4.74 Å². The zero-order chi connectivity index (χ0) is 18.7. The Balaban J connectivity index is 1.52. The molecule has 1 amide bonds. The number of carboxylic acids is 1. The molecule has 138 valence electrons. The molecule has 2 heterocycles. The second-order valence-corrected chi connectivity index (χ2v) is 6.61. The number of carboxylic acid groups (broad SMARTS) is 1. The summed E-state index contributed by atoms with van der Waals surface area (Å²) in [6.45, 7) is 5.02. The average molecular weight is 357 g/mol. The Morgan fingerprint density at radius 3 is 2.42 bits per heavy atom. The minimum absolute atomic E-state index is 0.0255. The van der Waals surface area contributed by atoms with Crippen molar-refractivity contribution < 1.29 is 19.4 Å². The van der Waals surface area contributed by atoms with Crippen molar-refractivity contribution in [2.75, 3.05) is 19.7 Å². The third kappa shape index (κ3) is 3.87. The van der Waals surface area contributed by atoms with Gasteiger partial charge in [-0.05, 0) is 38.8 Å². The molecule has 0 spiro atoms. The van der Waals surface area contributed by atoms with Gasteiger partial charge in [0, 0.05) is 13.1 Å². The normalized spacial score (nSPS) is 15.1. The lowest BCUT2D eigenvalue weighted by atomic mass is 10.0. The Kier molecular flexibility index (Phi) is 5.25. The monoisotopic (exact) mass is 357 g/mol. The number of aromatic nitrogens is 2. The summed E-state index contributed by atoms with van der Waals surface area (Å²) in [6, 6.07) is 7.72. The highest BCUT2D eigenvalue weighted by Gasteiger charge is 2.26. The van der Waals surface area contributed by atoms with E-state index in [0.29, 0.717) is 24.5 Å². The molecule has 3 rings (SSSR count). The highest BCUT2D eigenvalue weighted by Crippen LogP contribution is 2.24. The van der Waals surface area contributed by atoms with Gasteiger partial charge >= 0.3 is 5.97 Å². The first-order valence-corrected chi connectivity index (χ1v) is 8.70. The van der Waals surface area contributed by atoms with Crippen molar-refractivity contribution in [3.8, 4) is 5.75 Å². The smallest absolute Gasteiger partial charge is 0.339 e. The second-order valence-electron chi connectivity index (χ2n) is 6.61. The molecule has 7 nitrogen and oxygen atoms in total. The Morgan fingerprint density at radius 2 is 1.85 bits per heavy atom. The SMILES string of the molecule is Cc1ccc(OCC(=O)N2CCC(n3ncc(C(=O)O)c3C)CC2)cc1. The van der Waals surface area contributed by atoms with Gasteiger partial charge in [-0.15, -0.1) is 0 Å². The largest absolute Gasteiger partial charge is 0.484 e. The summed E-state index contributed by atoms with van der Waals surface area (Å²) in [6.07, 6.45) is 2.89. The van der Waals surface area contributed by atoms with Crippen molar-refractivity contribution >= 4 is 11.9 Å². The quantitative estimate of drug-likeness (QED) is 0.888. The van der Waals surface area contributed by atoms with E-state index in [9.17, 15) is 9.59 Å². The average Bonchev–Trinajstić information content (AvgIpc) is 3.03. The summed E-state index contributed by atoms with van der Waals surface area (Å²) in [4.78, 5) is 25.3. The Labute approximate surface area is 152 Å². The standard InChI is InChI=1S/C19H23N3O4/c1-13-3-5-16(6-4-13)26-12-18(23)21-9-7-15(8-10-21)22-14(2)17(11-20-22)19(24)25/h3-6,11,15H,7-10,12H2,1-2H3,(H,24,25). The fourth-order valence-electron chi connectivity index (χ4n) is 3.23. The van der Waals surface area contributed by atoms with Gasteiger partial charge in [-0.2, -0.15) is 5.10 Å². The molecule has 26 heavy (non-hydrogen) atoms. The first-order chi connectivity index (χ1) is 12.5. The molecule has 0 saturated carbocycles. The predicted octanol–water partition coefficient (Wildman–Crippen LogP) is 2.44. The lowest BCUT2D eigenvalue weighted by molar-refractivity contribution is -0.134. The molecule has 2 aromatic rings. The molecule has 1 saturated heterocycles. The number of carbonyl (C=O) groups is 2. The van der Waals surface area contributed by atoms with Crippen molar-refractivity contribution in [2.24, 2.45) is 0 Å². The Morgan fingerprint density at radius 1 is 1.19 bits per heavy atom. The van der Waals surface area contributed by atoms with E-state index >= 15 is 0 Å². The number of piperidine rings is 1. The minimum Gasteiger partial charge on any atom is -0.484 e. The summed E-state index contributed by atoms with van der Waals surface area (Å²) in [5.41, 5.74) is 2.03. The summed E-state index contributed by atoms with van der Waals surface area (Å²) in [7, 11) is 0. The number of carbonyl (C=O) groups excluding carboxylic acids is 1. The van der Waals surface area contributed by atoms with E-state index < -0.39 is 5.97 Å². The zero-order valence-corrected chi connectivity index (χ0v) is 15.0. The van der Waals surface area contributed by atoms with Gasteiger partial charge in [-0.25, -0.2) is 4.79 Å². The van der Waals surface area contributed by atoms with Crippen LogP contribution in [0.2, 0.25) is 0 Å². The minimum atomic E-state index is -0.963. The van der Waals surface area contributed by atoms with Gasteiger partial charge in [0.05, 0.1) is 17.9 Å². The van der Waals surface area contributed by atoms with Crippen LogP contribution in [0.4, 0.5) is 0 Å². The number of rotatable bonds is 5. The number of amides is 1. The molecule has 1 aromatic carbocycles. The number of likely N-dealkylation sites (tertiary alicyclic amines) is 1. The molecular weight excluding hydrogens is 334 g/mol. The van der Waals surface area contributed by atoms with Gasteiger partial charge < -0.3 is 14.7 Å². The van der Waals surface area contributed by atoms with E-state index in [-0.39, 0.29) is 24.1 Å². The van der Waals surface area contributed by atoms with Crippen molar-refractivity contribution in [1.29, 1.82) is 0 Å². The van der Waals surface area contributed by atoms with Crippen LogP contribution in [-0.4, -0.2) is 51.4 Å². The number of hydrogen-bond donors (Lipinski definition) is 1. The number of benzene rings is 1. The predicted molar refractivity (Wildman–Crippen MR) is 95.4 cm³/mol. The van der Waals surface area contributed by atoms with Crippen LogP contribution >= 0.6 is 0 Å². The number of aromatic carboxylic acids is 1. The van der Waals surface area contributed by atoms with Crippen LogP contribution in [0.3, 0.4) is 0 Å². The zero-order valence-electron chi connectivity index (χ0n) is 15.0. The maximum absolute atomic E-state index is 12.3. The lowest BCUT2D eigenvalue weighted by Gasteiger charge is -2.32. The molecule has 1 fully saturated rings. The molecule has 1 aliphatic heterocycles. The number of ether oxygens (including phenoxy) is 1. The van der Waals surface area contributed by atoms with Gasteiger partial charge in [-0.3, -0.25) is 9.48 Å². The molecular formula is C19H23N3O4. The lowest BCUT2D eigenvalue weighted by Crippen LogP contribution is -2.41. The van der Waals surface area contributed by atoms with Gasteiger partial charge in [0.1, 0.15) is 11.3 Å². The first kappa shape index (κ1) is 18.0. The molecule has 1 aromatic heterocycles.